The Morgan fingerprint density at radius 1 is 1.50 bits per heavy atom. The number of hydrogen-bond donors (Lipinski definition) is 1. The Hall–Kier alpha value is -0.130. The first-order chi connectivity index (χ1) is 6.84. The van der Waals surface area contributed by atoms with Gasteiger partial charge in [0.15, 0.2) is 4.34 Å². The Morgan fingerprint density at radius 2 is 2.36 bits per heavy atom. The van der Waals surface area contributed by atoms with Crippen molar-refractivity contribution in [2.75, 3.05) is 12.3 Å². The number of nitrogens with zero attached hydrogens (tertiary/aromatic N) is 2. The summed E-state index contributed by atoms with van der Waals surface area (Å²) >= 11 is 3.50. The normalized spacial score (nSPS) is 16.1. The lowest BCUT2D eigenvalue weighted by Gasteiger charge is -2.00. The minimum Gasteiger partial charge on any atom is -0.314 e. The van der Waals surface area contributed by atoms with Crippen LogP contribution in [-0.2, 0) is 0 Å². The smallest absolute Gasteiger partial charge is 0.174 e. The number of rotatable bonds is 6. The fourth-order valence-electron chi connectivity index (χ4n) is 1.16. The van der Waals surface area contributed by atoms with E-state index in [4.69, 9.17) is 0 Å². The third-order valence-corrected chi connectivity index (χ3v) is 4.12. The molecular formula is C9H15N3S2. The molecule has 0 amide bonds. The van der Waals surface area contributed by atoms with Gasteiger partial charge in [0.2, 0.25) is 0 Å². The van der Waals surface area contributed by atoms with E-state index in [9.17, 15) is 0 Å². The van der Waals surface area contributed by atoms with Crippen LogP contribution in [0.25, 0.3) is 0 Å². The molecule has 0 saturated heterocycles. The molecule has 1 aromatic rings. The van der Waals surface area contributed by atoms with Gasteiger partial charge in [0.05, 0.1) is 0 Å². The zero-order chi connectivity index (χ0) is 9.80. The van der Waals surface area contributed by atoms with E-state index in [1.807, 2.05) is 18.7 Å². The van der Waals surface area contributed by atoms with Crippen molar-refractivity contribution in [1.82, 2.24) is 15.5 Å². The fourth-order valence-corrected chi connectivity index (χ4v) is 2.99. The molecule has 1 aromatic heterocycles. The van der Waals surface area contributed by atoms with E-state index in [0.717, 1.165) is 27.7 Å². The maximum atomic E-state index is 4.07. The molecule has 0 aromatic carbocycles. The Labute approximate surface area is 92.7 Å². The van der Waals surface area contributed by atoms with Gasteiger partial charge in [-0.1, -0.05) is 23.1 Å². The molecule has 0 aliphatic heterocycles. The SMILES string of the molecule is Cc1nnc(SCCCNC2CC2)s1. The summed E-state index contributed by atoms with van der Waals surface area (Å²) in [5.74, 6) is 1.15. The molecule has 2 rings (SSSR count). The van der Waals surface area contributed by atoms with Gasteiger partial charge >= 0.3 is 0 Å². The van der Waals surface area contributed by atoms with Gasteiger partial charge in [-0.25, -0.2) is 0 Å². The lowest BCUT2D eigenvalue weighted by atomic mass is 10.5. The van der Waals surface area contributed by atoms with Crippen LogP contribution in [0, 0.1) is 6.92 Å². The van der Waals surface area contributed by atoms with Crippen LogP contribution >= 0.6 is 23.1 Å². The molecular weight excluding hydrogens is 214 g/mol. The van der Waals surface area contributed by atoms with Crippen LogP contribution in [0.4, 0.5) is 0 Å². The monoisotopic (exact) mass is 229 g/mol. The predicted octanol–water partition coefficient (Wildman–Crippen LogP) is 2.08. The van der Waals surface area contributed by atoms with E-state index in [1.165, 1.54) is 19.3 Å². The van der Waals surface area contributed by atoms with Crippen LogP contribution in [0.3, 0.4) is 0 Å². The van der Waals surface area contributed by atoms with E-state index in [1.54, 1.807) is 11.3 Å². The molecule has 5 heteroatoms. The first-order valence-electron chi connectivity index (χ1n) is 5.01. The number of thioether (sulfide) groups is 1. The Morgan fingerprint density at radius 3 is 3.00 bits per heavy atom. The molecule has 14 heavy (non-hydrogen) atoms. The summed E-state index contributed by atoms with van der Waals surface area (Å²) in [6.07, 6.45) is 3.98. The van der Waals surface area contributed by atoms with E-state index in [-0.39, 0.29) is 0 Å². The minimum absolute atomic E-state index is 0.837. The molecule has 0 spiro atoms. The molecule has 0 radical (unpaired) electrons. The van der Waals surface area contributed by atoms with E-state index < -0.39 is 0 Å². The third kappa shape index (κ3) is 3.55. The second-order valence-electron chi connectivity index (χ2n) is 3.52. The van der Waals surface area contributed by atoms with Gasteiger partial charge in [0.1, 0.15) is 5.01 Å². The van der Waals surface area contributed by atoms with Gasteiger partial charge in [-0.15, -0.1) is 10.2 Å². The Balaban J connectivity index is 1.53. The largest absolute Gasteiger partial charge is 0.314 e. The predicted molar refractivity (Wildman–Crippen MR) is 61.0 cm³/mol. The average molecular weight is 229 g/mol. The maximum Gasteiger partial charge on any atom is 0.174 e. The highest BCUT2D eigenvalue weighted by Gasteiger charge is 2.19. The molecule has 1 heterocycles. The molecule has 0 bridgehead atoms. The molecule has 1 aliphatic carbocycles. The van der Waals surface area contributed by atoms with Gasteiger partial charge in [0, 0.05) is 11.8 Å². The summed E-state index contributed by atoms with van der Waals surface area (Å²) < 4.78 is 1.11. The van der Waals surface area contributed by atoms with Gasteiger partial charge in [-0.2, -0.15) is 0 Å². The van der Waals surface area contributed by atoms with Crippen molar-refractivity contribution in [2.24, 2.45) is 0 Å². The van der Waals surface area contributed by atoms with Crippen LogP contribution < -0.4 is 5.32 Å². The fraction of sp³-hybridized carbons (Fsp3) is 0.778. The summed E-state index contributed by atoms with van der Waals surface area (Å²) in [5.41, 5.74) is 0. The number of nitrogens with one attached hydrogen (secondary N) is 1. The Kier molecular flexibility index (Phi) is 3.78. The third-order valence-electron chi connectivity index (χ3n) is 2.06. The lowest BCUT2D eigenvalue weighted by molar-refractivity contribution is 0.674. The zero-order valence-corrected chi connectivity index (χ0v) is 9.96. The van der Waals surface area contributed by atoms with Gasteiger partial charge < -0.3 is 5.32 Å². The molecule has 0 atom stereocenters. The summed E-state index contributed by atoms with van der Waals surface area (Å²) in [7, 11) is 0. The van der Waals surface area contributed by atoms with E-state index in [2.05, 4.69) is 15.5 Å². The van der Waals surface area contributed by atoms with Crippen molar-refractivity contribution in [1.29, 1.82) is 0 Å². The topological polar surface area (TPSA) is 37.8 Å². The molecule has 78 valence electrons. The summed E-state index contributed by atoms with van der Waals surface area (Å²) in [5, 5.41) is 12.6. The van der Waals surface area contributed by atoms with E-state index in [0.29, 0.717) is 0 Å². The minimum atomic E-state index is 0.837. The van der Waals surface area contributed by atoms with Crippen molar-refractivity contribution in [3.05, 3.63) is 5.01 Å². The number of aromatic nitrogens is 2. The second kappa shape index (κ2) is 5.09. The van der Waals surface area contributed by atoms with Gasteiger partial charge in [-0.05, 0) is 32.7 Å². The first kappa shape index (κ1) is 10.4. The molecule has 1 fully saturated rings. The number of hydrogen-bond acceptors (Lipinski definition) is 5. The number of aryl methyl sites for hydroxylation is 1. The van der Waals surface area contributed by atoms with Crippen molar-refractivity contribution >= 4 is 23.1 Å². The molecule has 3 nitrogen and oxygen atoms in total. The molecule has 1 N–H and O–H groups in total. The summed E-state index contributed by atoms with van der Waals surface area (Å²) in [6, 6.07) is 0.837. The quantitative estimate of drug-likeness (QED) is 0.599. The van der Waals surface area contributed by atoms with Crippen LogP contribution in [0.1, 0.15) is 24.3 Å². The van der Waals surface area contributed by atoms with Crippen LogP contribution in [-0.4, -0.2) is 28.5 Å². The molecule has 0 unspecified atom stereocenters. The van der Waals surface area contributed by atoms with Gasteiger partial charge in [-0.3, -0.25) is 0 Å². The first-order valence-corrected chi connectivity index (χ1v) is 6.81. The zero-order valence-electron chi connectivity index (χ0n) is 8.32. The Bertz CT molecular complexity index is 283. The highest BCUT2D eigenvalue weighted by atomic mass is 32.2. The highest BCUT2D eigenvalue weighted by molar-refractivity contribution is 8.01. The highest BCUT2D eigenvalue weighted by Crippen LogP contribution is 2.22. The molecule has 1 aliphatic rings. The summed E-state index contributed by atoms with van der Waals surface area (Å²) in [6.45, 7) is 3.14. The van der Waals surface area contributed by atoms with Crippen LogP contribution in [0.15, 0.2) is 4.34 Å². The maximum absolute atomic E-state index is 4.07. The van der Waals surface area contributed by atoms with Crippen LogP contribution in [0.2, 0.25) is 0 Å². The van der Waals surface area contributed by atoms with Crippen molar-refractivity contribution < 1.29 is 0 Å². The van der Waals surface area contributed by atoms with Gasteiger partial charge in [0.25, 0.3) is 0 Å². The van der Waals surface area contributed by atoms with E-state index >= 15 is 0 Å². The second-order valence-corrected chi connectivity index (χ2v) is 6.04. The molecule has 1 saturated carbocycles. The van der Waals surface area contributed by atoms with Crippen LogP contribution in [0.5, 0.6) is 0 Å². The lowest BCUT2D eigenvalue weighted by Crippen LogP contribution is -2.17. The van der Waals surface area contributed by atoms with Crippen molar-refractivity contribution in [2.45, 2.75) is 36.6 Å². The summed E-state index contributed by atoms with van der Waals surface area (Å²) in [4.78, 5) is 0. The standard InChI is InChI=1S/C9H15N3S2/c1-7-11-12-9(14-7)13-6-2-5-10-8-3-4-8/h8,10H,2-6H2,1H3. The van der Waals surface area contributed by atoms with Crippen molar-refractivity contribution in [3.8, 4) is 0 Å². The van der Waals surface area contributed by atoms with Crippen molar-refractivity contribution in [3.63, 3.8) is 0 Å². The average Bonchev–Trinajstić information content (AvgIpc) is 2.89.